The normalized spacial score (nSPS) is 10.4. The van der Waals surface area contributed by atoms with Crippen molar-refractivity contribution in [2.45, 2.75) is 0 Å². The fourth-order valence-corrected chi connectivity index (χ4v) is 1.42. The van der Waals surface area contributed by atoms with Crippen molar-refractivity contribution < 1.29 is 9.90 Å². The summed E-state index contributed by atoms with van der Waals surface area (Å²) >= 11 is 0. The third-order valence-electron chi connectivity index (χ3n) is 2.01. The van der Waals surface area contributed by atoms with E-state index in [1.165, 1.54) is 12.1 Å². The van der Waals surface area contributed by atoms with Crippen LogP contribution in [0.4, 0.5) is 5.82 Å². The number of carboxylic acids is 1. The Hall–Kier alpha value is -2.37. The molecule has 0 bridgehead atoms. The van der Waals surface area contributed by atoms with Gasteiger partial charge in [-0.1, -0.05) is 6.07 Å². The number of hydrogen-bond donors (Lipinski definition) is 3. The number of nitrogens with one attached hydrogen (secondary N) is 1. The molecular formula is C9H7N3O3. The smallest absolute Gasteiger partial charge is 0.347 e. The van der Waals surface area contributed by atoms with Crippen LogP contribution in [0.25, 0.3) is 10.9 Å². The van der Waals surface area contributed by atoms with E-state index in [1.54, 1.807) is 6.07 Å². The zero-order valence-corrected chi connectivity index (χ0v) is 7.52. The van der Waals surface area contributed by atoms with Gasteiger partial charge < -0.3 is 15.8 Å². The van der Waals surface area contributed by atoms with Gasteiger partial charge in [-0.25, -0.2) is 9.59 Å². The highest BCUT2D eigenvalue weighted by molar-refractivity contribution is 6.06. The van der Waals surface area contributed by atoms with Gasteiger partial charge in [-0.05, 0) is 12.1 Å². The van der Waals surface area contributed by atoms with Gasteiger partial charge >= 0.3 is 11.7 Å². The molecule has 1 heterocycles. The minimum Gasteiger partial charge on any atom is -0.478 e. The summed E-state index contributed by atoms with van der Waals surface area (Å²) in [5.41, 5.74) is 5.30. The zero-order valence-electron chi connectivity index (χ0n) is 7.52. The summed E-state index contributed by atoms with van der Waals surface area (Å²) in [5, 5.41) is 9.16. The third-order valence-corrected chi connectivity index (χ3v) is 2.01. The van der Waals surface area contributed by atoms with Crippen molar-refractivity contribution in [1.29, 1.82) is 0 Å². The number of nitrogens with zero attached hydrogens (tertiary/aromatic N) is 1. The summed E-state index contributed by atoms with van der Waals surface area (Å²) in [6.45, 7) is 0. The predicted octanol–water partition coefficient (Wildman–Crippen LogP) is 0.203. The number of H-pyrrole nitrogens is 1. The lowest BCUT2D eigenvalue weighted by atomic mass is 10.1. The lowest BCUT2D eigenvalue weighted by Crippen LogP contribution is -2.14. The molecule has 0 radical (unpaired) electrons. The van der Waals surface area contributed by atoms with Crippen LogP contribution in [-0.4, -0.2) is 21.0 Å². The molecular weight excluding hydrogens is 198 g/mol. The SMILES string of the molecule is Nc1nc(=O)[nH]c2cccc(C(=O)O)c12. The summed E-state index contributed by atoms with van der Waals surface area (Å²) < 4.78 is 0. The quantitative estimate of drug-likeness (QED) is 0.616. The molecule has 0 spiro atoms. The molecule has 0 saturated heterocycles. The maximum Gasteiger partial charge on any atom is 0.347 e. The van der Waals surface area contributed by atoms with Crippen LogP contribution in [-0.2, 0) is 0 Å². The van der Waals surface area contributed by atoms with Gasteiger partial charge in [0.15, 0.2) is 0 Å². The van der Waals surface area contributed by atoms with Gasteiger partial charge in [0.25, 0.3) is 0 Å². The van der Waals surface area contributed by atoms with Crippen molar-refractivity contribution in [3.63, 3.8) is 0 Å². The van der Waals surface area contributed by atoms with Crippen LogP contribution in [0, 0.1) is 0 Å². The molecule has 2 rings (SSSR count). The van der Waals surface area contributed by atoms with Crippen LogP contribution in [0.3, 0.4) is 0 Å². The predicted molar refractivity (Wildman–Crippen MR) is 53.7 cm³/mol. The monoisotopic (exact) mass is 205 g/mol. The average molecular weight is 205 g/mol. The van der Waals surface area contributed by atoms with Crippen LogP contribution in [0.1, 0.15) is 10.4 Å². The summed E-state index contributed by atoms with van der Waals surface area (Å²) in [5.74, 6) is -1.19. The van der Waals surface area contributed by atoms with E-state index in [0.717, 1.165) is 0 Å². The van der Waals surface area contributed by atoms with E-state index in [9.17, 15) is 9.59 Å². The second-order valence-electron chi connectivity index (χ2n) is 2.96. The van der Waals surface area contributed by atoms with E-state index in [4.69, 9.17) is 10.8 Å². The van der Waals surface area contributed by atoms with E-state index in [2.05, 4.69) is 9.97 Å². The molecule has 15 heavy (non-hydrogen) atoms. The molecule has 0 atom stereocenters. The molecule has 0 aliphatic rings. The van der Waals surface area contributed by atoms with Crippen LogP contribution in [0.2, 0.25) is 0 Å². The Kier molecular flexibility index (Phi) is 1.89. The minimum absolute atomic E-state index is 0.0220. The standard InChI is InChI=1S/C9H7N3O3/c10-7-6-4(8(13)14)2-1-3-5(6)11-9(15)12-7/h1-3H,(H,13,14)(H3,10,11,12,15). The number of aromatic amines is 1. The topological polar surface area (TPSA) is 109 Å². The first-order valence-electron chi connectivity index (χ1n) is 4.11. The number of carboxylic acid groups (broad SMARTS) is 1. The van der Waals surface area contributed by atoms with Gasteiger partial charge in [0, 0.05) is 0 Å². The minimum atomic E-state index is -1.11. The molecule has 0 saturated carbocycles. The molecule has 0 aliphatic heterocycles. The average Bonchev–Trinajstić information content (AvgIpc) is 2.16. The maximum atomic E-state index is 11.0. The van der Waals surface area contributed by atoms with Crippen molar-refractivity contribution in [2.75, 3.05) is 5.73 Å². The molecule has 1 aromatic carbocycles. The first kappa shape index (κ1) is 9.20. The molecule has 0 fully saturated rings. The van der Waals surface area contributed by atoms with Gasteiger partial charge in [-0.2, -0.15) is 4.98 Å². The lowest BCUT2D eigenvalue weighted by Gasteiger charge is -2.03. The second kappa shape index (κ2) is 3.09. The largest absolute Gasteiger partial charge is 0.478 e. The molecule has 1 aromatic heterocycles. The van der Waals surface area contributed by atoms with E-state index >= 15 is 0 Å². The number of benzene rings is 1. The number of aromatic carboxylic acids is 1. The fraction of sp³-hybridized carbons (Fsp3) is 0. The van der Waals surface area contributed by atoms with E-state index < -0.39 is 11.7 Å². The van der Waals surface area contributed by atoms with Crippen LogP contribution >= 0.6 is 0 Å². The molecule has 6 nitrogen and oxygen atoms in total. The van der Waals surface area contributed by atoms with E-state index in [1.807, 2.05) is 0 Å². The lowest BCUT2D eigenvalue weighted by molar-refractivity contribution is 0.0699. The summed E-state index contributed by atoms with van der Waals surface area (Å²) in [6.07, 6.45) is 0. The third kappa shape index (κ3) is 1.41. The number of nitrogens with two attached hydrogens (primary N) is 1. The number of carbonyl (C=O) groups is 1. The molecule has 0 amide bonds. The van der Waals surface area contributed by atoms with Gasteiger partial charge in [0.1, 0.15) is 5.82 Å². The maximum absolute atomic E-state index is 11.0. The molecule has 0 unspecified atom stereocenters. The number of hydrogen-bond acceptors (Lipinski definition) is 4. The van der Waals surface area contributed by atoms with Crippen molar-refractivity contribution >= 4 is 22.7 Å². The Morgan fingerprint density at radius 1 is 1.47 bits per heavy atom. The van der Waals surface area contributed by atoms with E-state index in [0.29, 0.717) is 5.52 Å². The van der Waals surface area contributed by atoms with Crippen molar-refractivity contribution in [3.8, 4) is 0 Å². The van der Waals surface area contributed by atoms with Gasteiger partial charge in [-0.3, -0.25) is 0 Å². The molecule has 6 heteroatoms. The Morgan fingerprint density at radius 3 is 2.87 bits per heavy atom. The number of anilines is 1. The molecule has 76 valence electrons. The Bertz CT molecular complexity index is 603. The van der Waals surface area contributed by atoms with Gasteiger partial charge in [0.05, 0.1) is 16.5 Å². The number of nitrogen functional groups attached to an aromatic ring is 1. The van der Waals surface area contributed by atoms with Gasteiger partial charge in [0.2, 0.25) is 0 Å². The van der Waals surface area contributed by atoms with Crippen molar-refractivity contribution in [3.05, 3.63) is 34.2 Å². The Labute approximate surface area is 83.4 Å². The summed E-state index contributed by atoms with van der Waals surface area (Å²) in [4.78, 5) is 27.7. The fourth-order valence-electron chi connectivity index (χ4n) is 1.42. The number of rotatable bonds is 1. The molecule has 2 aromatic rings. The number of fused-ring (bicyclic) bond motifs is 1. The number of aromatic nitrogens is 2. The Balaban J connectivity index is 2.97. The summed E-state index contributed by atoms with van der Waals surface area (Å²) in [7, 11) is 0. The first-order valence-corrected chi connectivity index (χ1v) is 4.11. The van der Waals surface area contributed by atoms with Crippen molar-refractivity contribution in [2.24, 2.45) is 0 Å². The Morgan fingerprint density at radius 2 is 2.20 bits per heavy atom. The zero-order chi connectivity index (χ0) is 11.0. The highest BCUT2D eigenvalue weighted by atomic mass is 16.4. The first-order chi connectivity index (χ1) is 7.09. The molecule has 4 N–H and O–H groups in total. The highest BCUT2D eigenvalue weighted by Gasteiger charge is 2.12. The second-order valence-corrected chi connectivity index (χ2v) is 2.96. The van der Waals surface area contributed by atoms with Crippen LogP contribution in [0.15, 0.2) is 23.0 Å². The molecule has 0 aliphatic carbocycles. The van der Waals surface area contributed by atoms with E-state index in [-0.39, 0.29) is 16.8 Å². The van der Waals surface area contributed by atoms with Crippen LogP contribution in [0.5, 0.6) is 0 Å². The summed E-state index contributed by atoms with van der Waals surface area (Å²) in [6, 6.07) is 4.50. The van der Waals surface area contributed by atoms with Gasteiger partial charge in [-0.15, -0.1) is 0 Å². The highest BCUT2D eigenvalue weighted by Crippen LogP contribution is 2.19. The van der Waals surface area contributed by atoms with Crippen LogP contribution < -0.4 is 11.4 Å². The van der Waals surface area contributed by atoms with Crippen molar-refractivity contribution in [1.82, 2.24) is 9.97 Å².